The van der Waals surface area contributed by atoms with Crippen LogP contribution >= 0.6 is 23.2 Å². The largest absolute Gasteiger partial charge is 0.508 e. The van der Waals surface area contributed by atoms with Gasteiger partial charge in [-0.15, -0.1) is 0 Å². The van der Waals surface area contributed by atoms with Crippen LogP contribution in [0.25, 0.3) is 22.3 Å². The first-order chi connectivity index (χ1) is 10.1. The van der Waals surface area contributed by atoms with E-state index in [0.717, 1.165) is 22.3 Å². The monoisotopic (exact) mass is 314 g/mol. The van der Waals surface area contributed by atoms with Gasteiger partial charge in [-0.05, 0) is 47.0 Å². The summed E-state index contributed by atoms with van der Waals surface area (Å²) in [4.78, 5) is 0. The van der Waals surface area contributed by atoms with Gasteiger partial charge < -0.3 is 5.11 Å². The third kappa shape index (κ3) is 3.05. The standard InChI is InChI=1S/C18H12Cl2O/c19-15-6-7-17(18(20)11-15)14-8-13(9-16(21)10-14)12-4-2-1-3-5-12/h1-11,21H. The summed E-state index contributed by atoms with van der Waals surface area (Å²) >= 11 is 12.2. The second-order valence-electron chi connectivity index (χ2n) is 4.76. The van der Waals surface area contributed by atoms with Crippen LogP contribution in [0, 0.1) is 0 Å². The van der Waals surface area contributed by atoms with E-state index in [0.29, 0.717) is 10.0 Å². The smallest absolute Gasteiger partial charge is 0.116 e. The highest BCUT2D eigenvalue weighted by atomic mass is 35.5. The molecule has 0 spiro atoms. The molecule has 0 aromatic heterocycles. The van der Waals surface area contributed by atoms with E-state index < -0.39 is 0 Å². The Labute approximate surface area is 133 Å². The van der Waals surface area contributed by atoms with E-state index in [1.807, 2.05) is 42.5 Å². The number of hydrogen-bond acceptors (Lipinski definition) is 1. The zero-order valence-corrected chi connectivity index (χ0v) is 12.6. The van der Waals surface area contributed by atoms with E-state index in [4.69, 9.17) is 23.2 Å². The van der Waals surface area contributed by atoms with Crippen LogP contribution in [-0.2, 0) is 0 Å². The van der Waals surface area contributed by atoms with Crippen LogP contribution < -0.4 is 0 Å². The maximum Gasteiger partial charge on any atom is 0.116 e. The minimum atomic E-state index is 0.206. The van der Waals surface area contributed by atoms with Crippen molar-refractivity contribution in [2.24, 2.45) is 0 Å². The van der Waals surface area contributed by atoms with Gasteiger partial charge in [-0.25, -0.2) is 0 Å². The Morgan fingerprint density at radius 1 is 0.667 bits per heavy atom. The molecule has 0 amide bonds. The van der Waals surface area contributed by atoms with Crippen LogP contribution in [0.5, 0.6) is 5.75 Å². The molecule has 3 aromatic rings. The second kappa shape index (κ2) is 5.80. The zero-order chi connectivity index (χ0) is 14.8. The number of hydrogen-bond donors (Lipinski definition) is 1. The molecule has 0 radical (unpaired) electrons. The van der Waals surface area contributed by atoms with E-state index in [1.54, 1.807) is 24.3 Å². The summed E-state index contributed by atoms with van der Waals surface area (Å²) < 4.78 is 0. The van der Waals surface area contributed by atoms with E-state index in [-0.39, 0.29) is 5.75 Å². The zero-order valence-electron chi connectivity index (χ0n) is 11.1. The molecule has 0 aliphatic rings. The average molecular weight is 315 g/mol. The molecule has 3 rings (SSSR count). The number of rotatable bonds is 2. The molecule has 1 N–H and O–H groups in total. The maximum absolute atomic E-state index is 9.99. The normalized spacial score (nSPS) is 10.6. The van der Waals surface area contributed by atoms with Crippen molar-refractivity contribution in [2.75, 3.05) is 0 Å². The van der Waals surface area contributed by atoms with Crippen LogP contribution in [0.4, 0.5) is 0 Å². The molecule has 0 unspecified atom stereocenters. The molecule has 0 aliphatic carbocycles. The third-order valence-corrected chi connectivity index (χ3v) is 3.81. The Balaban J connectivity index is 2.14. The molecule has 0 saturated heterocycles. The van der Waals surface area contributed by atoms with Crippen LogP contribution in [0.1, 0.15) is 0 Å². The molecule has 0 bridgehead atoms. The topological polar surface area (TPSA) is 20.2 Å². The first-order valence-electron chi connectivity index (χ1n) is 6.48. The van der Waals surface area contributed by atoms with Crippen LogP contribution in [0.2, 0.25) is 10.0 Å². The number of phenols is 1. The number of phenolic OH excluding ortho intramolecular Hbond substituents is 1. The lowest BCUT2D eigenvalue weighted by Crippen LogP contribution is -1.83. The Hall–Kier alpha value is -1.96. The lowest BCUT2D eigenvalue weighted by atomic mass is 9.98. The van der Waals surface area contributed by atoms with E-state index in [9.17, 15) is 5.11 Å². The molecule has 0 atom stereocenters. The Kier molecular flexibility index (Phi) is 3.87. The summed E-state index contributed by atoms with van der Waals surface area (Å²) in [5, 5.41) is 11.1. The van der Waals surface area contributed by atoms with Crippen LogP contribution in [-0.4, -0.2) is 5.11 Å². The molecular formula is C18H12Cl2O. The molecule has 21 heavy (non-hydrogen) atoms. The average Bonchev–Trinajstić information content (AvgIpc) is 2.47. The SMILES string of the molecule is Oc1cc(-c2ccccc2)cc(-c2ccc(Cl)cc2Cl)c1. The van der Waals surface area contributed by atoms with E-state index >= 15 is 0 Å². The highest BCUT2D eigenvalue weighted by molar-refractivity contribution is 6.36. The van der Waals surface area contributed by atoms with Crippen molar-refractivity contribution in [2.45, 2.75) is 0 Å². The molecule has 0 aliphatic heterocycles. The van der Waals surface area contributed by atoms with Gasteiger partial charge in [0.05, 0.1) is 0 Å². The van der Waals surface area contributed by atoms with Crippen molar-refractivity contribution >= 4 is 23.2 Å². The Morgan fingerprint density at radius 2 is 1.38 bits per heavy atom. The van der Waals surface area contributed by atoms with Crippen molar-refractivity contribution in [1.82, 2.24) is 0 Å². The third-order valence-electron chi connectivity index (χ3n) is 3.27. The summed E-state index contributed by atoms with van der Waals surface area (Å²) in [5.74, 6) is 0.206. The predicted octanol–water partition coefficient (Wildman–Crippen LogP) is 6.03. The summed E-state index contributed by atoms with van der Waals surface area (Å²) in [5.41, 5.74) is 3.68. The van der Waals surface area contributed by atoms with Gasteiger partial charge in [0, 0.05) is 15.6 Å². The van der Waals surface area contributed by atoms with Crippen molar-refractivity contribution in [3.63, 3.8) is 0 Å². The first kappa shape index (κ1) is 14.0. The lowest BCUT2D eigenvalue weighted by Gasteiger charge is -2.09. The fourth-order valence-electron chi connectivity index (χ4n) is 2.29. The van der Waals surface area contributed by atoms with Gasteiger partial charge in [-0.1, -0.05) is 59.6 Å². The molecule has 0 heterocycles. The van der Waals surface area contributed by atoms with Gasteiger partial charge in [0.25, 0.3) is 0 Å². The maximum atomic E-state index is 9.99. The minimum Gasteiger partial charge on any atom is -0.508 e. The summed E-state index contributed by atoms with van der Waals surface area (Å²) in [7, 11) is 0. The number of halogens is 2. The molecule has 104 valence electrons. The molecule has 1 nitrogen and oxygen atoms in total. The van der Waals surface area contributed by atoms with Gasteiger partial charge in [0.15, 0.2) is 0 Å². The Bertz CT molecular complexity index is 782. The van der Waals surface area contributed by atoms with Crippen molar-refractivity contribution < 1.29 is 5.11 Å². The van der Waals surface area contributed by atoms with Gasteiger partial charge in [-0.2, -0.15) is 0 Å². The number of aromatic hydroxyl groups is 1. The fourth-order valence-corrected chi connectivity index (χ4v) is 2.81. The minimum absolute atomic E-state index is 0.206. The quantitative estimate of drug-likeness (QED) is 0.612. The van der Waals surface area contributed by atoms with Gasteiger partial charge in [0.2, 0.25) is 0 Å². The van der Waals surface area contributed by atoms with Crippen molar-refractivity contribution in [1.29, 1.82) is 0 Å². The highest BCUT2D eigenvalue weighted by Crippen LogP contribution is 2.35. The molecular weight excluding hydrogens is 303 g/mol. The lowest BCUT2D eigenvalue weighted by molar-refractivity contribution is 0.476. The van der Waals surface area contributed by atoms with Gasteiger partial charge in [-0.3, -0.25) is 0 Å². The molecule has 3 aromatic carbocycles. The van der Waals surface area contributed by atoms with Gasteiger partial charge in [0.1, 0.15) is 5.75 Å². The fraction of sp³-hybridized carbons (Fsp3) is 0. The van der Waals surface area contributed by atoms with E-state index in [2.05, 4.69) is 0 Å². The predicted molar refractivity (Wildman–Crippen MR) is 89.0 cm³/mol. The molecule has 3 heteroatoms. The summed E-state index contributed by atoms with van der Waals surface area (Å²) in [6.07, 6.45) is 0. The van der Waals surface area contributed by atoms with Crippen molar-refractivity contribution in [3.05, 3.63) is 76.8 Å². The van der Waals surface area contributed by atoms with Gasteiger partial charge >= 0.3 is 0 Å². The van der Waals surface area contributed by atoms with Crippen LogP contribution in [0.3, 0.4) is 0 Å². The Morgan fingerprint density at radius 3 is 2.10 bits per heavy atom. The van der Waals surface area contributed by atoms with Crippen molar-refractivity contribution in [3.8, 4) is 28.0 Å². The molecule has 0 fully saturated rings. The van der Waals surface area contributed by atoms with E-state index in [1.165, 1.54) is 0 Å². The second-order valence-corrected chi connectivity index (χ2v) is 5.60. The summed E-state index contributed by atoms with van der Waals surface area (Å²) in [6.45, 7) is 0. The van der Waals surface area contributed by atoms with Crippen LogP contribution in [0.15, 0.2) is 66.7 Å². The number of benzene rings is 3. The first-order valence-corrected chi connectivity index (χ1v) is 7.24. The summed E-state index contributed by atoms with van der Waals surface area (Å²) in [6, 6.07) is 20.7. The molecule has 0 saturated carbocycles. The highest BCUT2D eigenvalue weighted by Gasteiger charge is 2.08.